The molecule has 2 saturated heterocycles. The summed E-state index contributed by atoms with van der Waals surface area (Å²) < 4.78 is 26.6. The molecule has 0 aromatic heterocycles. The lowest BCUT2D eigenvalue weighted by Crippen LogP contribution is -2.56. The summed E-state index contributed by atoms with van der Waals surface area (Å²) in [4.78, 5) is 28.4. The van der Waals surface area contributed by atoms with E-state index in [1.807, 2.05) is 4.90 Å². The van der Waals surface area contributed by atoms with E-state index in [0.717, 1.165) is 25.1 Å². The molecule has 7 nitrogen and oxygen atoms in total. The van der Waals surface area contributed by atoms with Gasteiger partial charge < -0.3 is 10.2 Å². The molecule has 2 amide bonds. The maximum Gasteiger partial charge on any atom is 0.237 e. The van der Waals surface area contributed by atoms with Gasteiger partial charge in [-0.2, -0.15) is 0 Å². The van der Waals surface area contributed by atoms with Gasteiger partial charge in [0.1, 0.15) is 0 Å². The van der Waals surface area contributed by atoms with Crippen molar-refractivity contribution in [3.63, 3.8) is 0 Å². The summed E-state index contributed by atoms with van der Waals surface area (Å²) in [5.41, 5.74) is 6.70. The number of carbonyl (C=O) groups excluding carboxylic acids is 2. The van der Waals surface area contributed by atoms with Gasteiger partial charge >= 0.3 is 0 Å². The Labute approximate surface area is 157 Å². The molecular formula is C18H25F2N5O2. The zero-order valence-corrected chi connectivity index (χ0v) is 15.3. The van der Waals surface area contributed by atoms with Crippen LogP contribution in [0.3, 0.4) is 0 Å². The fourth-order valence-corrected chi connectivity index (χ4v) is 3.47. The molecule has 27 heavy (non-hydrogen) atoms. The molecular weight excluding hydrogens is 356 g/mol. The standard InChI is InChI=1S/C18H25F2N5O2/c1-24(11-13-4-5-22-23-13)17(26)9-16-18(27)21-6-7-25(16)10-12-2-3-14(19)15(20)8-12/h2-3,8,13,16,22-23H,4-7,9-11H2,1H3,(H,21,27). The lowest BCUT2D eigenvalue weighted by molar-refractivity contribution is -0.138. The van der Waals surface area contributed by atoms with Crippen molar-refractivity contribution in [3.05, 3.63) is 35.4 Å². The van der Waals surface area contributed by atoms with Crippen LogP contribution in [0.25, 0.3) is 0 Å². The predicted octanol–water partition coefficient (Wildman–Crippen LogP) is -0.0198. The summed E-state index contributed by atoms with van der Waals surface area (Å²) in [7, 11) is 1.72. The van der Waals surface area contributed by atoms with Crippen molar-refractivity contribution < 1.29 is 18.4 Å². The second-order valence-electron chi connectivity index (χ2n) is 7.06. The Bertz CT molecular complexity index is 696. The van der Waals surface area contributed by atoms with Crippen LogP contribution in [0.5, 0.6) is 0 Å². The highest BCUT2D eigenvalue weighted by Gasteiger charge is 2.33. The minimum atomic E-state index is -0.918. The van der Waals surface area contributed by atoms with Crippen molar-refractivity contribution in [3.8, 4) is 0 Å². The molecule has 0 saturated carbocycles. The lowest BCUT2D eigenvalue weighted by Gasteiger charge is -2.35. The highest BCUT2D eigenvalue weighted by Crippen LogP contribution is 2.17. The van der Waals surface area contributed by atoms with Gasteiger partial charge in [-0.25, -0.2) is 8.78 Å². The molecule has 0 radical (unpaired) electrons. The molecule has 0 aliphatic carbocycles. The molecule has 2 atom stereocenters. The summed E-state index contributed by atoms with van der Waals surface area (Å²) in [5.74, 6) is -2.16. The third-order valence-electron chi connectivity index (χ3n) is 5.02. The molecule has 3 N–H and O–H groups in total. The molecule has 1 aromatic rings. The molecule has 2 aliphatic heterocycles. The summed E-state index contributed by atoms with van der Waals surface area (Å²) in [6.45, 7) is 2.70. The summed E-state index contributed by atoms with van der Waals surface area (Å²) in [5, 5.41) is 2.78. The van der Waals surface area contributed by atoms with Gasteiger partial charge in [0.05, 0.1) is 12.5 Å². The monoisotopic (exact) mass is 381 g/mol. The van der Waals surface area contributed by atoms with E-state index < -0.39 is 17.7 Å². The highest BCUT2D eigenvalue weighted by molar-refractivity contribution is 5.88. The minimum absolute atomic E-state index is 0.0478. The molecule has 2 unspecified atom stereocenters. The number of halogens is 2. The molecule has 3 rings (SSSR count). The van der Waals surface area contributed by atoms with E-state index in [9.17, 15) is 18.4 Å². The van der Waals surface area contributed by atoms with Gasteiger partial charge in [-0.15, -0.1) is 0 Å². The van der Waals surface area contributed by atoms with Crippen LogP contribution in [-0.4, -0.2) is 66.9 Å². The second kappa shape index (κ2) is 8.73. The number of rotatable bonds is 6. The van der Waals surface area contributed by atoms with Crippen molar-refractivity contribution in [2.75, 3.05) is 33.2 Å². The summed E-state index contributed by atoms with van der Waals surface area (Å²) in [6.07, 6.45) is 0.982. The topological polar surface area (TPSA) is 76.7 Å². The largest absolute Gasteiger partial charge is 0.353 e. The summed E-state index contributed by atoms with van der Waals surface area (Å²) in [6, 6.07) is 3.26. The Balaban J connectivity index is 1.63. The van der Waals surface area contributed by atoms with E-state index >= 15 is 0 Å². The van der Waals surface area contributed by atoms with Crippen LogP contribution in [0, 0.1) is 11.6 Å². The molecule has 9 heteroatoms. The zero-order chi connectivity index (χ0) is 19.4. The molecule has 148 valence electrons. The SMILES string of the molecule is CN(CC1CCNN1)C(=O)CC1C(=O)NCCN1Cc1ccc(F)c(F)c1. The fourth-order valence-electron chi connectivity index (χ4n) is 3.47. The zero-order valence-electron chi connectivity index (χ0n) is 15.3. The van der Waals surface area contributed by atoms with Crippen LogP contribution in [0.15, 0.2) is 18.2 Å². The van der Waals surface area contributed by atoms with E-state index in [0.29, 0.717) is 25.2 Å². The predicted molar refractivity (Wildman–Crippen MR) is 95.4 cm³/mol. The molecule has 0 spiro atoms. The van der Waals surface area contributed by atoms with Crippen LogP contribution in [0.1, 0.15) is 18.4 Å². The number of benzene rings is 1. The maximum absolute atomic E-state index is 13.5. The van der Waals surface area contributed by atoms with E-state index in [1.54, 1.807) is 11.9 Å². The first kappa shape index (κ1) is 19.7. The fraction of sp³-hybridized carbons (Fsp3) is 0.556. The van der Waals surface area contributed by atoms with Crippen LogP contribution in [-0.2, 0) is 16.1 Å². The first-order chi connectivity index (χ1) is 12.9. The quantitative estimate of drug-likeness (QED) is 0.646. The highest BCUT2D eigenvalue weighted by atomic mass is 19.2. The lowest BCUT2D eigenvalue weighted by atomic mass is 10.1. The molecule has 2 aliphatic rings. The number of hydrogen-bond donors (Lipinski definition) is 3. The number of amides is 2. The Morgan fingerprint density at radius 1 is 1.30 bits per heavy atom. The van der Waals surface area contributed by atoms with E-state index in [2.05, 4.69) is 16.2 Å². The number of hydrazine groups is 1. The average molecular weight is 381 g/mol. The number of carbonyl (C=O) groups is 2. The Morgan fingerprint density at radius 2 is 2.11 bits per heavy atom. The first-order valence-electron chi connectivity index (χ1n) is 9.12. The molecule has 0 bridgehead atoms. The number of hydrogen-bond acceptors (Lipinski definition) is 5. The third kappa shape index (κ3) is 5.00. The van der Waals surface area contributed by atoms with Crippen molar-refractivity contribution in [2.45, 2.75) is 31.5 Å². The van der Waals surface area contributed by atoms with Crippen molar-refractivity contribution in [2.24, 2.45) is 0 Å². The van der Waals surface area contributed by atoms with Gasteiger partial charge in [0.25, 0.3) is 0 Å². The van der Waals surface area contributed by atoms with Gasteiger partial charge in [-0.05, 0) is 24.1 Å². The first-order valence-corrected chi connectivity index (χ1v) is 9.12. The van der Waals surface area contributed by atoms with Crippen molar-refractivity contribution in [1.29, 1.82) is 0 Å². The third-order valence-corrected chi connectivity index (χ3v) is 5.02. The summed E-state index contributed by atoms with van der Waals surface area (Å²) >= 11 is 0. The Morgan fingerprint density at radius 3 is 2.81 bits per heavy atom. The van der Waals surface area contributed by atoms with Crippen LogP contribution >= 0.6 is 0 Å². The van der Waals surface area contributed by atoms with Crippen LogP contribution < -0.4 is 16.2 Å². The van der Waals surface area contributed by atoms with Gasteiger partial charge in [-0.3, -0.25) is 25.3 Å². The molecule has 2 heterocycles. The Kier molecular flexibility index (Phi) is 6.35. The van der Waals surface area contributed by atoms with Gasteiger partial charge in [0, 0.05) is 45.8 Å². The van der Waals surface area contributed by atoms with E-state index in [-0.39, 0.29) is 30.8 Å². The number of piperazine rings is 1. The van der Waals surface area contributed by atoms with Gasteiger partial charge in [0.2, 0.25) is 11.8 Å². The molecule has 2 fully saturated rings. The van der Waals surface area contributed by atoms with Crippen molar-refractivity contribution >= 4 is 11.8 Å². The molecule has 1 aromatic carbocycles. The minimum Gasteiger partial charge on any atom is -0.353 e. The van der Waals surface area contributed by atoms with E-state index in [4.69, 9.17) is 0 Å². The average Bonchev–Trinajstić information content (AvgIpc) is 3.14. The normalized spacial score (nSPS) is 23.3. The van der Waals surface area contributed by atoms with Gasteiger partial charge in [-0.1, -0.05) is 6.07 Å². The van der Waals surface area contributed by atoms with Crippen LogP contribution in [0.2, 0.25) is 0 Å². The van der Waals surface area contributed by atoms with Crippen molar-refractivity contribution in [1.82, 2.24) is 26.0 Å². The Hall–Kier alpha value is -2.10. The number of nitrogens with zero attached hydrogens (tertiary/aromatic N) is 2. The number of likely N-dealkylation sites (N-methyl/N-ethyl adjacent to an activating group) is 1. The second-order valence-corrected chi connectivity index (χ2v) is 7.06. The number of nitrogens with one attached hydrogen (secondary N) is 3. The van der Waals surface area contributed by atoms with E-state index in [1.165, 1.54) is 6.07 Å². The smallest absolute Gasteiger partial charge is 0.237 e. The maximum atomic E-state index is 13.5. The van der Waals surface area contributed by atoms with Crippen LogP contribution in [0.4, 0.5) is 8.78 Å². The van der Waals surface area contributed by atoms with Gasteiger partial charge in [0.15, 0.2) is 11.6 Å².